The van der Waals surface area contributed by atoms with Crippen molar-refractivity contribution in [1.29, 1.82) is 0 Å². The van der Waals surface area contributed by atoms with Gasteiger partial charge >= 0.3 is 0 Å². The standard InChI is InChI=1S/C16H18N2O4S2.ClH/c19-13-10-17-8-11(13)9-18-16(20)14-6-7-15(23-14)24(21,22)12-4-2-1-3-5-12;/h1-7,11,13,17,19H,8-10H2,(H,18,20);1H. The number of rotatable bonds is 5. The van der Waals surface area contributed by atoms with Crippen LogP contribution in [0.15, 0.2) is 51.6 Å². The Bertz CT molecular complexity index is 824. The summed E-state index contributed by atoms with van der Waals surface area (Å²) in [6, 6.07) is 11.1. The Morgan fingerprint density at radius 1 is 1.20 bits per heavy atom. The van der Waals surface area contributed by atoms with Crippen molar-refractivity contribution in [2.75, 3.05) is 19.6 Å². The Kier molecular flexibility index (Phi) is 6.59. The summed E-state index contributed by atoms with van der Waals surface area (Å²) < 4.78 is 25.2. The van der Waals surface area contributed by atoms with E-state index in [2.05, 4.69) is 10.6 Å². The number of sulfone groups is 1. The minimum Gasteiger partial charge on any atom is -0.391 e. The molecule has 2 unspecified atom stereocenters. The lowest BCUT2D eigenvalue weighted by Gasteiger charge is -2.13. The molecule has 0 aliphatic carbocycles. The van der Waals surface area contributed by atoms with Crippen molar-refractivity contribution in [3.63, 3.8) is 0 Å². The molecule has 1 fully saturated rings. The molecular formula is C16H19ClN2O4S2. The highest BCUT2D eigenvalue weighted by Gasteiger charge is 2.26. The number of carbonyl (C=O) groups is 1. The summed E-state index contributed by atoms with van der Waals surface area (Å²) in [5, 5.41) is 15.5. The van der Waals surface area contributed by atoms with Crippen LogP contribution in [0.25, 0.3) is 0 Å². The molecule has 0 bridgehead atoms. The smallest absolute Gasteiger partial charge is 0.261 e. The van der Waals surface area contributed by atoms with Crippen LogP contribution in [-0.2, 0) is 9.84 Å². The van der Waals surface area contributed by atoms with Crippen LogP contribution < -0.4 is 10.6 Å². The Balaban J connectivity index is 0.00000225. The van der Waals surface area contributed by atoms with Crippen molar-refractivity contribution >= 4 is 39.5 Å². The van der Waals surface area contributed by atoms with Gasteiger partial charge in [0.25, 0.3) is 5.91 Å². The minimum atomic E-state index is -3.60. The van der Waals surface area contributed by atoms with E-state index in [4.69, 9.17) is 0 Å². The zero-order chi connectivity index (χ0) is 17.2. The molecule has 2 atom stereocenters. The molecule has 3 rings (SSSR count). The third-order valence-electron chi connectivity index (χ3n) is 3.95. The van der Waals surface area contributed by atoms with E-state index in [0.717, 1.165) is 11.3 Å². The second-order valence-electron chi connectivity index (χ2n) is 5.63. The number of aliphatic hydroxyl groups is 1. The van der Waals surface area contributed by atoms with E-state index in [0.29, 0.717) is 24.5 Å². The number of β-amino-alcohol motifs (C(OH)–C–C–N with tert-alkyl or cyclic N) is 1. The molecule has 1 amide bonds. The Hall–Kier alpha value is -1.45. The quantitative estimate of drug-likeness (QED) is 0.700. The summed E-state index contributed by atoms with van der Waals surface area (Å²) in [6.07, 6.45) is -0.470. The van der Waals surface area contributed by atoms with Crippen LogP contribution in [-0.4, -0.2) is 45.2 Å². The van der Waals surface area contributed by atoms with Crippen LogP contribution in [0.2, 0.25) is 0 Å². The van der Waals surface area contributed by atoms with Crippen molar-refractivity contribution in [2.45, 2.75) is 15.2 Å². The van der Waals surface area contributed by atoms with Gasteiger partial charge in [-0.25, -0.2) is 8.42 Å². The summed E-state index contributed by atoms with van der Waals surface area (Å²) in [4.78, 5) is 12.7. The lowest BCUT2D eigenvalue weighted by molar-refractivity contribution is 0.0931. The van der Waals surface area contributed by atoms with Gasteiger partial charge < -0.3 is 15.7 Å². The molecule has 1 aromatic heterocycles. The third kappa shape index (κ3) is 4.39. The Morgan fingerprint density at radius 3 is 2.56 bits per heavy atom. The van der Waals surface area contributed by atoms with Gasteiger partial charge in [0, 0.05) is 25.6 Å². The number of halogens is 1. The second kappa shape index (κ2) is 8.29. The van der Waals surface area contributed by atoms with Crippen molar-refractivity contribution < 1.29 is 18.3 Å². The molecule has 1 aliphatic heterocycles. The molecular weight excluding hydrogens is 384 g/mol. The highest BCUT2D eigenvalue weighted by Crippen LogP contribution is 2.27. The van der Waals surface area contributed by atoms with Gasteiger partial charge in [-0.3, -0.25) is 4.79 Å². The van der Waals surface area contributed by atoms with E-state index in [9.17, 15) is 18.3 Å². The molecule has 136 valence electrons. The first-order valence-electron chi connectivity index (χ1n) is 7.55. The first kappa shape index (κ1) is 19.9. The zero-order valence-corrected chi connectivity index (χ0v) is 15.7. The van der Waals surface area contributed by atoms with Gasteiger partial charge in [-0.2, -0.15) is 0 Å². The third-order valence-corrected chi connectivity index (χ3v) is 7.30. The van der Waals surface area contributed by atoms with Crippen LogP contribution in [0.5, 0.6) is 0 Å². The van der Waals surface area contributed by atoms with Crippen LogP contribution in [0.4, 0.5) is 0 Å². The fourth-order valence-electron chi connectivity index (χ4n) is 2.54. The first-order valence-corrected chi connectivity index (χ1v) is 9.85. The lowest BCUT2D eigenvalue weighted by atomic mass is 10.1. The van der Waals surface area contributed by atoms with Crippen LogP contribution >= 0.6 is 23.7 Å². The Morgan fingerprint density at radius 2 is 1.92 bits per heavy atom. The number of carbonyl (C=O) groups excluding carboxylic acids is 1. The molecule has 0 spiro atoms. The number of benzene rings is 1. The Labute approximate surface area is 156 Å². The molecule has 3 N–H and O–H groups in total. The monoisotopic (exact) mass is 402 g/mol. The van der Waals surface area contributed by atoms with Gasteiger partial charge in [-0.15, -0.1) is 23.7 Å². The van der Waals surface area contributed by atoms with Gasteiger partial charge in [0.2, 0.25) is 9.84 Å². The summed E-state index contributed by atoms with van der Waals surface area (Å²) in [5.74, 6) is -0.352. The van der Waals surface area contributed by atoms with Crippen molar-refractivity contribution in [2.24, 2.45) is 5.92 Å². The van der Waals surface area contributed by atoms with Crippen molar-refractivity contribution in [3.8, 4) is 0 Å². The van der Waals surface area contributed by atoms with Crippen molar-refractivity contribution in [3.05, 3.63) is 47.3 Å². The molecule has 0 saturated carbocycles. The van der Waals surface area contributed by atoms with Crippen molar-refractivity contribution in [1.82, 2.24) is 10.6 Å². The normalized spacial score (nSPS) is 20.0. The summed E-state index contributed by atoms with van der Waals surface area (Å²) in [5.41, 5.74) is 0. The first-order chi connectivity index (χ1) is 11.5. The molecule has 25 heavy (non-hydrogen) atoms. The molecule has 2 heterocycles. The zero-order valence-electron chi connectivity index (χ0n) is 13.2. The number of aliphatic hydroxyl groups excluding tert-OH is 1. The molecule has 9 heteroatoms. The largest absolute Gasteiger partial charge is 0.391 e. The fourth-order valence-corrected chi connectivity index (χ4v) is 5.19. The van der Waals surface area contributed by atoms with Crippen LogP contribution in [0.1, 0.15) is 9.67 Å². The maximum atomic E-state index is 12.5. The van der Waals surface area contributed by atoms with Gasteiger partial charge in [-0.1, -0.05) is 18.2 Å². The topological polar surface area (TPSA) is 95.5 Å². The van der Waals surface area contributed by atoms with Crippen LogP contribution in [0.3, 0.4) is 0 Å². The summed E-state index contributed by atoms with van der Waals surface area (Å²) in [6.45, 7) is 1.53. The predicted octanol–water partition coefficient (Wildman–Crippen LogP) is 1.31. The highest BCUT2D eigenvalue weighted by atomic mass is 35.5. The van der Waals surface area contributed by atoms with Gasteiger partial charge in [-0.05, 0) is 24.3 Å². The number of hydrogen-bond acceptors (Lipinski definition) is 6. The van der Waals surface area contributed by atoms with Gasteiger partial charge in [0.1, 0.15) is 4.21 Å². The van der Waals surface area contributed by atoms with E-state index in [1.807, 2.05) is 0 Å². The number of nitrogens with one attached hydrogen (secondary N) is 2. The number of thiophene rings is 1. The number of hydrogen-bond donors (Lipinski definition) is 3. The summed E-state index contributed by atoms with van der Waals surface area (Å²) in [7, 11) is -3.60. The fraction of sp³-hybridized carbons (Fsp3) is 0.312. The van der Waals surface area contributed by atoms with E-state index in [1.54, 1.807) is 18.2 Å². The second-order valence-corrected chi connectivity index (χ2v) is 8.89. The maximum absolute atomic E-state index is 12.5. The molecule has 1 aliphatic rings. The van der Waals surface area contributed by atoms with E-state index >= 15 is 0 Å². The van der Waals surface area contributed by atoms with Gasteiger partial charge in [0.15, 0.2) is 0 Å². The van der Waals surface area contributed by atoms with E-state index in [-0.39, 0.29) is 33.3 Å². The minimum absolute atomic E-state index is 0. The predicted molar refractivity (Wildman–Crippen MR) is 98.2 cm³/mol. The van der Waals surface area contributed by atoms with Gasteiger partial charge in [0.05, 0.1) is 15.9 Å². The maximum Gasteiger partial charge on any atom is 0.261 e. The average Bonchev–Trinajstić information content (AvgIpc) is 3.23. The molecule has 1 aromatic carbocycles. The molecule has 2 aromatic rings. The summed E-state index contributed by atoms with van der Waals surface area (Å²) >= 11 is 0.948. The highest BCUT2D eigenvalue weighted by molar-refractivity contribution is 7.93. The SMILES string of the molecule is Cl.O=C(NCC1CNCC1O)c1ccc(S(=O)(=O)c2ccccc2)s1. The average molecular weight is 403 g/mol. The molecule has 6 nitrogen and oxygen atoms in total. The van der Waals surface area contributed by atoms with E-state index < -0.39 is 15.9 Å². The lowest BCUT2D eigenvalue weighted by Crippen LogP contribution is -2.34. The molecule has 1 saturated heterocycles. The van der Waals surface area contributed by atoms with E-state index in [1.165, 1.54) is 24.3 Å². The molecule has 0 radical (unpaired) electrons. The number of amides is 1. The van der Waals surface area contributed by atoms with Crippen LogP contribution in [0, 0.1) is 5.92 Å².